The maximum atomic E-state index is 5.62. The Labute approximate surface area is 112 Å². The number of likely N-dealkylation sites (N-methyl/N-ethyl adjacent to an activating group) is 1. The first-order chi connectivity index (χ1) is 8.74. The summed E-state index contributed by atoms with van der Waals surface area (Å²) in [7, 11) is 0. The van der Waals surface area contributed by atoms with Crippen molar-refractivity contribution in [3.8, 4) is 0 Å². The van der Waals surface area contributed by atoms with Crippen molar-refractivity contribution in [2.75, 3.05) is 45.9 Å². The monoisotopic (exact) mass is 258 g/mol. The number of hydrogen-bond donors (Lipinski definition) is 0. The summed E-state index contributed by atoms with van der Waals surface area (Å²) in [6.45, 7) is 15.5. The number of hydrogen-bond acceptors (Lipinski definition) is 4. The average molecular weight is 258 g/mol. The molecule has 0 aromatic heterocycles. The molecule has 4 heteroatoms. The minimum Gasteiger partial charge on any atom is -0.352 e. The van der Waals surface area contributed by atoms with E-state index in [1.165, 1.54) is 6.42 Å². The molecule has 18 heavy (non-hydrogen) atoms. The van der Waals surface area contributed by atoms with Gasteiger partial charge in [0.05, 0.1) is 0 Å². The lowest BCUT2D eigenvalue weighted by molar-refractivity contribution is -0.145. The molecular formula is C14H30N2O2. The van der Waals surface area contributed by atoms with E-state index in [4.69, 9.17) is 9.47 Å². The Morgan fingerprint density at radius 2 is 1.72 bits per heavy atom. The van der Waals surface area contributed by atoms with Gasteiger partial charge in [0.2, 0.25) is 0 Å². The van der Waals surface area contributed by atoms with Crippen LogP contribution in [0.4, 0.5) is 0 Å². The molecule has 1 atom stereocenters. The van der Waals surface area contributed by atoms with Crippen LogP contribution in [0.5, 0.6) is 0 Å². The van der Waals surface area contributed by atoms with Crippen molar-refractivity contribution in [1.29, 1.82) is 0 Å². The SMILES string of the molecule is CCOC(CN1CCC(N(CC)CC)C1)OCC. The molecule has 0 radical (unpaired) electrons. The quantitative estimate of drug-likeness (QED) is 0.589. The van der Waals surface area contributed by atoms with Gasteiger partial charge in [0.15, 0.2) is 6.29 Å². The molecule has 0 saturated carbocycles. The van der Waals surface area contributed by atoms with Crippen LogP contribution in [0.15, 0.2) is 0 Å². The third kappa shape index (κ3) is 4.84. The summed E-state index contributed by atoms with van der Waals surface area (Å²) in [5.74, 6) is 0. The summed E-state index contributed by atoms with van der Waals surface area (Å²) < 4.78 is 11.2. The predicted molar refractivity (Wildman–Crippen MR) is 74.8 cm³/mol. The summed E-state index contributed by atoms with van der Waals surface area (Å²) in [6, 6.07) is 0.712. The van der Waals surface area contributed by atoms with Crippen LogP contribution in [0.2, 0.25) is 0 Å². The molecule has 108 valence electrons. The normalized spacial score (nSPS) is 21.3. The van der Waals surface area contributed by atoms with Crippen molar-refractivity contribution in [3.63, 3.8) is 0 Å². The summed E-state index contributed by atoms with van der Waals surface area (Å²) in [5.41, 5.74) is 0. The zero-order chi connectivity index (χ0) is 13.4. The van der Waals surface area contributed by atoms with Crippen LogP contribution in [0.1, 0.15) is 34.1 Å². The number of nitrogens with zero attached hydrogens (tertiary/aromatic N) is 2. The molecule has 1 aliphatic rings. The van der Waals surface area contributed by atoms with Gasteiger partial charge in [-0.2, -0.15) is 0 Å². The third-order valence-corrected chi connectivity index (χ3v) is 3.69. The summed E-state index contributed by atoms with van der Waals surface area (Å²) >= 11 is 0. The highest BCUT2D eigenvalue weighted by Gasteiger charge is 2.27. The molecule has 1 fully saturated rings. The van der Waals surface area contributed by atoms with Gasteiger partial charge in [-0.3, -0.25) is 9.80 Å². The van der Waals surface area contributed by atoms with Crippen molar-refractivity contribution < 1.29 is 9.47 Å². The van der Waals surface area contributed by atoms with Gasteiger partial charge >= 0.3 is 0 Å². The van der Waals surface area contributed by atoms with E-state index in [1.54, 1.807) is 0 Å². The van der Waals surface area contributed by atoms with Gasteiger partial charge in [-0.1, -0.05) is 13.8 Å². The predicted octanol–water partition coefficient (Wildman–Crippen LogP) is 1.80. The number of likely N-dealkylation sites (tertiary alicyclic amines) is 1. The third-order valence-electron chi connectivity index (χ3n) is 3.69. The van der Waals surface area contributed by atoms with E-state index in [-0.39, 0.29) is 6.29 Å². The Morgan fingerprint density at radius 3 is 2.22 bits per heavy atom. The van der Waals surface area contributed by atoms with Crippen LogP contribution in [0, 0.1) is 0 Å². The Hall–Kier alpha value is -0.160. The molecule has 1 unspecified atom stereocenters. The second kappa shape index (κ2) is 8.86. The highest BCUT2D eigenvalue weighted by Crippen LogP contribution is 2.16. The van der Waals surface area contributed by atoms with E-state index < -0.39 is 0 Å². The largest absolute Gasteiger partial charge is 0.352 e. The van der Waals surface area contributed by atoms with Crippen LogP contribution in [-0.4, -0.2) is 68.1 Å². The standard InChI is InChI=1S/C14H30N2O2/c1-5-16(6-2)13-9-10-15(11-13)12-14(17-7-3)18-8-4/h13-14H,5-12H2,1-4H3. The maximum Gasteiger partial charge on any atom is 0.170 e. The molecular weight excluding hydrogens is 228 g/mol. The first-order valence-electron chi connectivity index (χ1n) is 7.44. The molecule has 4 nitrogen and oxygen atoms in total. The molecule has 1 heterocycles. The van der Waals surface area contributed by atoms with Crippen LogP contribution >= 0.6 is 0 Å². The second-order valence-electron chi connectivity index (χ2n) is 4.76. The molecule has 1 rings (SSSR count). The van der Waals surface area contributed by atoms with Gasteiger partial charge in [-0.25, -0.2) is 0 Å². The molecule has 1 saturated heterocycles. The molecule has 0 aromatic rings. The van der Waals surface area contributed by atoms with E-state index in [9.17, 15) is 0 Å². The molecule has 1 aliphatic heterocycles. The first kappa shape index (κ1) is 15.9. The Bertz CT molecular complexity index is 204. The van der Waals surface area contributed by atoms with Gasteiger partial charge in [-0.15, -0.1) is 0 Å². The van der Waals surface area contributed by atoms with Gasteiger partial charge in [0, 0.05) is 32.3 Å². The van der Waals surface area contributed by atoms with Crippen LogP contribution in [-0.2, 0) is 9.47 Å². The summed E-state index contributed by atoms with van der Waals surface area (Å²) in [4.78, 5) is 5.02. The van der Waals surface area contributed by atoms with Gasteiger partial charge in [0.1, 0.15) is 0 Å². The van der Waals surface area contributed by atoms with E-state index in [2.05, 4.69) is 23.6 Å². The molecule has 0 aromatic carbocycles. The molecule has 0 N–H and O–H groups in total. The van der Waals surface area contributed by atoms with Crippen LogP contribution in [0.3, 0.4) is 0 Å². The minimum atomic E-state index is -0.0598. The van der Waals surface area contributed by atoms with E-state index >= 15 is 0 Å². The highest BCUT2D eigenvalue weighted by molar-refractivity contribution is 4.83. The Morgan fingerprint density at radius 1 is 1.11 bits per heavy atom. The average Bonchev–Trinajstić information content (AvgIpc) is 2.80. The Kier molecular flexibility index (Phi) is 7.82. The van der Waals surface area contributed by atoms with Crippen molar-refractivity contribution >= 4 is 0 Å². The smallest absolute Gasteiger partial charge is 0.170 e. The zero-order valence-electron chi connectivity index (χ0n) is 12.5. The van der Waals surface area contributed by atoms with Crippen LogP contribution < -0.4 is 0 Å². The number of rotatable bonds is 9. The summed E-state index contributed by atoms with van der Waals surface area (Å²) in [5, 5.41) is 0. The lowest BCUT2D eigenvalue weighted by atomic mass is 10.2. The molecule has 0 aliphatic carbocycles. The van der Waals surface area contributed by atoms with Crippen molar-refractivity contribution in [3.05, 3.63) is 0 Å². The summed E-state index contributed by atoms with van der Waals surface area (Å²) in [6.07, 6.45) is 1.21. The fourth-order valence-corrected chi connectivity index (χ4v) is 2.75. The molecule has 0 spiro atoms. The van der Waals surface area contributed by atoms with E-state index in [0.29, 0.717) is 6.04 Å². The topological polar surface area (TPSA) is 24.9 Å². The first-order valence-corrected chi connectivity index (χ1v) is 7.44. The fraction of sp³-hybridized carbons (Fsp3) is 1.00. The minimum absolute atomic E-state index is 0.0598. The van der Waals surface area contributed by atoms with Crippen molar-refractivity contribution in [2.24, 2.45) is 0 Å². The fourth-order valence-electron chi connectivity index (χ4n) is 2.75. The Balaban J connectivity index is 2.35. The maximum absolute atomic E-state index is 5.62. The van der Waals surface area contributed by atoms with Gasteiger partial charge < -0.3 is 9.47 Å². The highest BCUT2D eigenvalue weighted by atomic mass is 16.7. The van der Waals surface area contributed by atoms with Crippen molar-refractivity contribution in [1.82, 2.24) is 9.80 Å². The molecule has 0 bridgehead atoms. The van der Waals surface area contributed by atoms with E-state index in [1.807, 2.05) is 13.8 Å². The van der Waals surface area contributed by atoms with Gasteiger partial charge in [-0.05, 0) is 39.9 Å². The second-order valence-corrected chi connectivity index (χ2v) is 4.76. The van der Waals surface area contributed by atoms with Crippen LogP contribution in [0.25, 0.3) is 0 Å². The van der Waals surface area contributed by atoms with Crippen molar-refractivity contribution in [2.45, 2.75) is 46.4 Å². The van der Waals surface area contributed by atoms with E-state index in [0.717, 1.165) is 45.9 Å². The van der Waals surface area contributed by atoms with Gasteiger partial charge in [0.25, 0.3) is 0 Å². The number of ether oxygens (including phenoxy) is 2. The molecule has 0 amide bonds. The zero-order valence-corrected chi connectivity index (χ0v) is 12.5. The lowest BCUT2D eigenvalue weighted by Crippen LogP contribution is -2.39. The lowest BCUT2D eigenvalue weighted by Gasteiger charge is -2.27.